The van der Waals surface area contributed by atoms with Crippen molar-refractivity contribution in [2.75, 3.05) is 20.1 Å². The van der Waals surface area contributed by atoms with E-state index in [1.807, 2.05) is 7.05 Å². The molecule has 0 N–H and O–H groups in total. The fraction of sp³-hybridized carbons (Fsp3) is 0.562. The Kier molecular flexibility index (Phi) is 4.76. The molecule has 7 nitrogen and oxygen atoms in total. The van der Waals surface area contributed by atoms with E-state index in [1.54, 1.807) is 23.3 Å². The quantitative estimate of drug-likeness (QED) is 0.812. The van der Waals surface area contributed by atoms with Gasteiger partial charge in [-0.3, -0.25) is 9.69 Å². The Bertz CT molecular complexity index is 638. The van der Waals surface area contributed by atoms with Crippen molar-refractivity contribution in [2.24, 2.45) is 0 Å². The van der Waals surface area contributed by atoms with Crippen LogP contribution in [-0.2, 0) is 11.3 Å². The molecule has 2 aromatic heterocycles. The van der Waals surface area contributed by atoms with Crippen LogP contribution in [0.1, 0.15) is 32.1 Å². The van der Waals surface area contributed by atoms with Crippen molar-refractivity contribution in [1.29, 1.82) is 0 Å². The van der Waals surface area contributed by atoms with Gasteiger partial charge in [-0.25, -0.2) is 0 Å². The van der Waals surface area contributed by atoms with Gasteiger partial charge in [0.25, 0.3) is 0 Å². The Morgan fingerprint density at radius 2 is 2.26 bits per heavy atom. The Hall–Kier alpha value is -2.15. The number of carbonyl (C=O) groups is 1. The van der Waals surface area contributed by atoms with Crippen molar-refractivity contribution in [3.63, 3.8) is 0 Å². The second kappa shape index (κ2) is 6.95. The van der Waals surface area contributed by atoms with Crippen LogP contribution >= 0.6 is 0 Å². The number of piperazine rings is 1. The average molecular weight is 318 g/mol. The van der Waals surface area contributed by atoms with Crippen LogP contribution in [0.2, 0.25) is 0 Å². The summed E-state index contributed by atoms with van der Waals surface area (Å²) in [6.07, 6.45) is 4.54. The third-order valence-electron chi connectivity index (χ3n) is 4.20. The number of carbonyl (C=O) groups excluding carboxylic acids is 1. The third-order valence-corrected chi connectivity index (χ3v) is 4.20. The van der Waals surface area contributed by atoms with E-state index in [9.17, 15) is 4.79 Å². The molecule has 0 spiro atoms. The van der Waals surface area contributed by atoms with Crippen molar-refractivity contribution >= 4 is 5.91 Å². The van der Waals surface area contributed by atoms with Gasteiger partial charge in [0.15, 0.2) is 5.76 Å². The summed E-state index contributed by atoms with van der Waals surface area (Å²) in [6, 6.07) is 3.47. The second-order valence-electron chi connectivity index (χ2n) is 5.88. The van der Waals surface area contributed by atoms with Crippen molar-refractivity contribution in [1.82, 2.24) is 19.9 Å². The minimum absolute atomic E-state index is 0.104. The monoisotopic (exact) mass is 318 g/mol. The van der Waals surface area contributed by atoms with Gasteiger partial charge in [-0.15, -0.1) is 0 Å². The molecule has 23 heavy (non-hydrogen) atoms. The molecule has 0 radical (unpaired) electrons. The van der Waals surface area contributed by atoms with Crippen LogP contribution in [0.3, 0.4) is 0 Å². The number of aromatic nitrogens is 2. The summed E-state index contributed by atoms with van der Waals surface area (Å²) < 4.78 is 10.6. The first-order valence-electron chi connectivity index (χ1n) is 8.04. The summed E-state index contributed by atoms with van der Waals surface area (Å²) in [5.74, 6) is 1.71. The van der Waals surface area contributed by atoms with Crippen LogP contribution in [0.25, 0.3) is 11.6 Å². The molecule has 1 fully saturated rings. The first-order chi connectivity index (χ1) is 11.2. The highest BCUT2D eigenvalue weighted by Crippen LogP contribution is 2.20. The van der Waals surface area contributed by atoms with Crippen molar-refractivity contribution in [2.45, 2.75) is 38.8 Å². The maximum Gasteiger partial charge on any atom is 0.241 e. The summed E-state index contributed by atoms with van der Waals surface area (Å²) in [5.41, 5.74) is 0. The SMILES string of the molecule is CCCCC1C(=O)N(C)CCN1Cc1nc(-c2ccco2)no1. The molecule has 0 bridgehead atoms. The molecule has 0 saturated carbocycles. The molecular formula is C16H22N4O3. The van der Waals surface area contributed by atoms with E-state index in [4.69, 9.17) is 8.94 Å². The zero-order chi connectivity index (χ0) is 16.2. The minimum atomic E-state index is -0.104. The maximum absolute atomic E-state index is 12.4. The predicted octanol–water partition coefficient (Wildman–Crippen LogP) is 2.16. The minimum Gasteiger partial charge on any atom is -0.461 e. The van der Waals surface area contributed by atoms with Gasteiger partial charge in [-0.1, -0.05) is 24.9 Å². The van der Waals surface area contributed by atoms with Crippen LogP contribution in [0.15, 0.2) is 27.3 Å². The van der Waals surface area contributed by atoms with E-state index in [2.05, 4.69) is 22.0 Å². The number of hydrogen-bond acceptors (Lipinski definition) is 6. The van der Waals surface area contributed by atoms with Crippen LogP contribution in [-0.4, -0.2) is 52.0 Å². The largest absolute Gasteiger partial charge is 0.461 e. The van der Waals surface area contributed by atoms with Gasteiger partial charge in [-0.2, -0.15) is 4.98 Å². The van der Waals surface area contributed by atoms with E-state index in [1.165, 1.54) is 0 Å². The maximum atomic E-state index is 12.4. The summed E-state index contributed by atoms with van der Waals surface area (Å²) in [5, 5.41) is 3.94. The molecule has 0 aliphatic carbocycles. The number of furan rings is 1. The molecule has 3 heterocycles. The first-order valence-corrected chi connectivity index (χ1v) is 8.04. The highest BCUT2D eigenvalue weighted by Gasteiger charge is 2.33. The van der Waals surface area contributed by atoms with Crippen molar-refractivity contribution in [3.8, 4) is 11.6 Å². The summed E-state index contributed by atoms with van der Waals surface area (Å²) in [4.78, 5) is 20.7. The highest BCUT2D eigenvalue weighted by atomic mass is 16.5. The Labute approximate surface area is 135 Å². The van der Waals surface area contributed by atoms with Gasteiger partial charge in [0.1, 0.15) is 0 Å². The molecule has 1 atom stereocenters. The Morgan fingerprint density at radius 3 is 3.00 bits per heavy atom. The molecule has 3 rings (SSSR count). The lowest BCUT2D eigenvalue weighted by Gasteiger charge is -2.38. The topological polar surface area (TPSA) is 75.6 Å². The first kappa shape index (κ1) is 15.7. The Balaban J connectivity index is 1.71. The van der Waals surface area contributed by atoms with E-state index in [0.717, 1.165) is 32.4 Å². The molecular weight excluding hydrogens is 296 g/mol. The lowest BCUT2D eigenvalue weighted by atomic mass is 10.0. The number of amides is 1. The molecule has 1 aliphatic heterocycles. The lowest BCUT2D eigenvalue weighted by molar-refractivity contribution is -0.141. The van der Waals surface area contributed by atoms with Gasteiger partial charge in [0.05, 0.1) is 18.8 Å². The number of nitrogens with zero attached hydrogens (tertiary/aromatic N) is 4. The van der Waals surface area contributed by atoms with Crippen LogP contribution in [0.4, 0.5) is 0 Å². The van der Waals surface area contributed by atoms with E-state index in [0.29, 0.717) is 24.0 Å². The van der Waals surface area contributed by atoms with E-state index < -0.39 is 0 Å². The van der Waals surface area contributed by atoms with Gasteiger partial charge < -0.3 is 13.8 Å². The third kappa shape index (κ3) is 3.44. The van der Waals surface area contributed by atoms with Gasteiger partial charge >= 0.3 is 0 Å². The average Bonchev–Trinajstić information content (AvgIpc) is 3.21. The smallest absolute Gasteiger partial charge is 0.241 e. The number of unbranched alkanes of at least 4 members (excludes halogenated alkanes) is 1. The summed E-state index contributed by atoms with van der Waals surface area (Å²) in [7, 11) is 1.86. The fourth-order valence-electron chi connectivity index (χ4n) is 2.85. The molecule has 1 amide bonds. The molecule has 0 aromatic carbocycles. The number of likely N-dealkylation sites (N-methyl/N-ethyl adjacent to an activating group) is 1. The van der Waals surface area contributed by atoms with E-state index in [-0.39, 0.29) is 11.9 Å². The normalized spacial score (nSPS) is 19.5. The molecule has 1 unspecified atom stereocenters. The lowest BCUT2D eigenvalue weighted by Crippen LogP contribution is -2.55. The standard InChI is InChI=1S/C16H22N4O3/c1-3-4-6-12-16(21)19(2)8-9-20(12)11-14-17-15(18-23-14)13-7-5-10-22-13/h5,7,10,12H,3-4,6,8-9,11H2,1-2H3. The van der Waals surface area contributed by atoms with Crippen LogP contribution in [0.5, 0.6) is 0 Å². The summed E-state index contributed by atoms with van der Waals surface area (Å²) in [6.45, 7) is 4.16. The molecule has 2 aromatic rings. The van der Waals surface area contributed by atoms with Crippen molar-refractivity contribution < 1.29 is 13.7 Å². The van der Waals surface area contributed by atoms with Crippen molar-refractivity contribution in [3.05, 3.63) is 24.3 Å². The Morgan fingerprint density at radius 1 is 1.39 bits per heavy atom. The van der Waals surface area contributed by atoms with E-state index >= 15 is 0 Å². The summed E-state index contributed by atoms with van der Waals surface area (Å²) >= 11 is 0. The zero-order valence-corrected chi connectivity index (χ0v) is 13.6. The van der Waals surface area contributed by atoms with Crippen LogP contribution < -0.4 is 0 Å². The molecule has 1 aliphatic rings. The van der Waals surface area contributed by atoms with Gasteiger partial charge in [-0.05, 0) is 18.6 Å². The second-order valence-corrected chi connectivity index (χ2v) is 5.88. The van der Waals surface area contributed by atoms with Gasteiger partial charge in [0, 0.05) is 20.1 Å². The molecule has 1 saturated heterocycles. The predicted molar refractivity (Wildman–Crippen MR) is 83.4 cm³/mol. The number of hydrogen-bond donors (Lipinski definition) is 0. The van der Waals surface area contributed by atoms with Crippen LogP contribution in [0, 0.1) is 0 Å². The molecule has 124 valence electrons. The zero-order valence-electron chi connectivity index (χ0n) is 13.6. The highest BCUT2D eigenvalue weighted by molar-refractivity contribution is 5.82. The fourth-order valence-corrected chi connectivity index (χ4v) is 2.85. The number of rotatable bonds is 6. The molecule has 7 heteroatoms. The van der Waals surface area contributed by atoms with Gasteiger partial charge in [0.2, 0.25) is 17.6 Å².